The van der Waals surface area contributed by atoms with Gasteiger partial charge in [-0.15, -0.1) is 0 Å². The van der Waals surface area contributed by atoms with Crippen LogP contribution in [0.2, 0.25) is 0 Å². The molecule has 0 aliphatic rings. The summed E-state index contributed by atoms with van der Waals surface area (Å²) in [4.78, 5) is 23.8. The summed E-state index contributed by atoms with van der Waals surface area (Å²) in [6.45, 7) is 0. The molecule has 0 fully saturated rings. The van der Waals surface area contributed by atoms with E-state index in [0.717, 1.165) is 0 Å². The van der Waals surface area contributed by atoms with Crippen LogP contribution in [0.1, 0.15) is 20.8 Å². The number of carbonyl (C=O) groups excluding carboxylic acids is 2. The highest BCUT2D eigenvalue weighted by Crippen LogP contribution is 2.19. The molecule has 7 heteroatoms. The minimum Gasteiger partial charge on any atom is -0.465 e. The Bertz CT molecular complexity index is 919. The summed E-state index contributed by atoms with van der Waals surface area (Å²) in [5, 5.41) is 9.37. The fraction of sp³-hybridized carbons (Fsp3) is 0.0556. The zero-order valence-electron chi connectivity index (χ0n) is 13.2. The van der Waals surface area contributed by atoms with Crippen LogP contribution in [0.25, 0.3) is 11.3 Å². The third-order valence-corrected chi connectivity index (χ3v) is 3.50. The van der Waals surface area contributed by atoms with Crippen molar-refractivity contribution in [3.63, 3.8) is 0 Å². The highest BCUT2D eigenvalue weighted by atomic mass is 19.1. The van der Waals surface area contributed by atoms with E-state index < -0.39 is 11.9 Å². The molecule has 0 bridgehead atoms. The number of hydrogen-bond acceptors (Lipinski definition) is 4. The van der Waals surface area contributed by atoms with Gasteiger partial charge in [0, 0.05) is 11.3 Å². The van der Waals surface area contributed by atoms with Gasteiger partial charge in [-0.05, 0) is 48.5 Å². The highest BCUT2D eigenvalue weighted by Gasteiger charge is 2.13. The number of H-pyrrole nitrogens is 1. The Morgan fingerprint density at radius 2 is 1.88 bits per heavy atom. The summed E-state index contributed by atoms with van der Waals surface area (Å²) in [5.41, 5.74) is 2.23. The van der Waals surface area contributed by atoms with E-state index in [-0.39, 0.29) is 11.5 Å². The fourth-order valence-electron chi connectivity index (χ4n) is 2.25. The Morgan fingerprint density at radius 3 is 2.60 bits per heavy atom. The van der Waals surface area contributed by atoms with E-state index in [1.807, 2.05) is 0 Å². The van der Waals surface area contributed by atoms with Gasteiger partial charge < -0.3 is 10.1 Å². The lowest BCUT2D eigenvalue weighted by atomic mass is 10.1. The number of benzene rings is 2. The SMILES string of the molecule is COC(=O)c1cccc(NC(=O)c2cc(-c3ccc(F)cc3)n[nH]2)c1. The van der Waals surface area contributed by atoms with Crippen LogP contribution >= 0.6 is 0 Å². The minimum absolute atomic E-state index is 0.239. The molecule has 0 saturated carbocycles. The lowest BCUT2D eigenvalue weighted by molar-refractivity contribution is 0.0600. The maximum atomic E-state index is 13.0. The molecule has 0 aliphatic carbocycles. The summed E-state index contributed by atoms with van der Waals surface area (Å²) in [7, 11) is 1.29. The van der Waals surface area contributed by atoms with Crippen LogP contribution in [-0.2, 0) is 4.74 Å². The normalized spacial score (nSPS) is 10.3. The standard InChI is InChI=1S/C18H14FN3O3/c1-25-18(24)12-3-2-4-14(9-12)20-17(23)16-10-15(21-22-16)11-5-7-13(19)8-6-11/h2-10H,1H3,(H,20,23)(H,21,22). The smallest absolute Gasteiger partial charge is 0.337 e. The molecule has 0 spiro atoms. The van der Waals surface area contributed by atoms with Crippen LogP contribution in [0, 0.1) is 5.82 Å². The Labute approximate surface area is 142 Å². The van der Waals surface area contributed by atoms with Crippen molar-refractivity contribution in [2.75, 3.05) is 12.4 Å². The fourth-order valence-corrected chi connectivity index (χ4v) is 2.25. The maximum absolute atomic E-state index is 13.0. The molecule has 3 aromatic rings. The highest BCUT2D eigenvalue weighted by molar-refractivity contribution is 6.04. The molecule has 1 amide bonds. The van der Waals surface area contributed by atoms with Crippen molar-refractivity contribution in [2.45, 2.75) is 0 Å². The van der Waals surface area contributed by atoms with Crippen LogP contribution < -0.4 is 5.32 Å². The summed E-state index contributed by atoms with van der Waals surface area (Å²) in [5.74, 6) is -1.25. The van der Waals surface area contributed by atoms with Gasteiger partial charge in [0.05, 0.1) is 18.4 Å². The molecular formula is C18H14FN3O3. The van der Waals surface area contributed by atoms with Gasteiger partial charge in [0.1, 0.15) is 11.5 Å². The number of aromatic nitrogens is 2. The van der Waals surface area contributed by atoms with Crippen molar-refractivity contribution in [1.82, 2.24) is 10.2 Å². The van der Waals surface area contributed by atoms with Gasteiger partial charge >= 0.3 is 5.97 Å². The van der Waals surface area contributed by atoms with Crippen LogP contribution in [-0.4, -0.2) is 29.2 Å². The monoisotopic (exact) mass is 339 g/mol. The number of nitrogens with one attached hydrogen (secondary N) is 2. The molecule has 25 heavy (non-hydrogen) atoms. The van der Waals surface area contributed by atoms with Gasteiger partial charge in [0.2, 0.25) is 0 Å². The van der Waals surface area contributed by atoms with E-state index in [2.05, 4.69) is 20.3 Å². The first-order valence-electron chi connectivity index (χ1n) is 7.38. The number of carbonyl (C=O) groups is 2. The number of amides is 1. The number of nitrogens with zero attached hydrogens (tertiary/aromatic N) is 1. The third kappa shape index (κ3) is 3.72. The van der Waals surface area contributed by atoms with E-state index in [0.29, 0.717) is 22.5 Å². The number of methoxy groups -OCH3 is 1. The topological polar surface area (TPSA) is 84.1 Å². The van der Waals surface area contributed by atoms with E-state index >= 15 is 0 Å². The Hall–Kier alpha value is -3.48. The van der Waals surface area contributed by atoms with Gasteiger partial charge in [-0.2, -0.15) is 5.10 Å². The molecule has 0 saturated heterocycles. The summed E-state index contributed by atoms with van der Waals surface area (Å²) >= 11 is 0. The number of aromatic amines is 1. The van der Waals surface area contributed by atoms with Gasteiger partial charge in [-0.25, -0.2) is 9.18 Å². The second-order valence-corrected chi connectivity index (χ2v) is 5.20. The zero-order chi connectivity index (χ0) is 17.8. The summed E-state index contributed by atoms with van der Waals surface area (Å²) in [6.07, 6.45) is 0. The molecule has 0 aliphatic heterocycles. The van der Waals surface area contributed by atoms with Gasteiger partial charge in [0.15, 0.2) is 0 Å². The predicted octanol–water partition coefficient (Wildman–Crippen LogP) is 3.25. The molecule has 0 atom stereocenters. The molecule has 2 aromatic carbocycles. The van der Waals surface area contributed by atoms with E-state index in [9.17, 15) is 14.0 Å². The molecular weight excluding hydrogens is 325 g/mol. The molecule has 0 unspecified atom stereocenters. The quantitative estimate of drug-likeness (QED) is 0.715. The van der Waals surface area contributed by atoms with Crippen molar-refractivity contribution in [3.05, 3.63) is 71.7 Å². The lowest BCUT2D eigenvalue weighted by Crippen LogP contribution is -2.13. The predicted molar refractivity (Wildman–Crippen MR) is 89.7 cm³/mol. The van der Waals surface area contributed by atoms with Crippen LogP contribution in [0.5, 0.6) is 0 Å². The number of esters is 1. The molecule has 3 rings (SSSR count). The van der Waals surface area contributed by atoms with Crippen molar-refractivity contribution < 1.29 is 18.7 Å². The van der Waals surface area contributed by atoms with Gasteiger partial charge in [0.25, 0.3) is 5.91 Å². The third-order valence-electron chi connectivity index (χ3n) is 3.50. The Balaban J connectivity index is 1.76. The number of halogens is 1. The average Bonchev–Trinajstić information content (AvgIpc) is 3.12. The van der Waals surface area contributed by atoms with Gasteiger partial charge in [-0.1, -0.05) is 6.07 Å². The first kappa shape index (κ1) is 16.4. The molecule has 2 N–H and O–H groups in total. The summed E-state index contributed by atoms with van der Waals surface area (Å²) < 4.78 is 17.6. The first-order chi connectivity index (χ1) is 12.1. The average molecular weight is 339 g/mol. The Morgan fingerprint density at radius 1 is 1.12 bits per heavy atom. The second kappa shape index (κ2) is 6.96. The summed E-state index contributed by atoms with van der Waals surface area (Å²) in [6, 6.07) is 13.8. The largest absolute Gasteiger partial charge is 0.465 e. The van der Waals surface area contributed by atoms with Crippen LogP contribution in [0.15, 0.2) is 54.6 Å². The molecule has 0 radical (unpaired) electrons. The first-order valence-corrected chi connectivity index (χ1v) is 7.38. The molecule has 1 aromatic heterocycles. The minimum atomic E-state index is -0.490. The molecule has 126 valence electrons. The second-order valence-electron chi connectivity index (χ2n) is 5.20. The number of hydrogen-bond donors (Lipinski definition) is 2. The van der Waals surface area contributed by atoms with E-state index in [1.54, 1.807) is 36.4 Å². The number of ether oxygens (including phenoxy) is 1. The Kier molecular flexibility index (Phi) is 4.56. The maximum Gasteiger partial charge on any atom is 0.337 e. The van der Waals surface area contributed by atoms with Crippen molar-refractivity contribution in [2.24, 2.45) is 0 Å². The van der Waals surface area contributed by atoms with Crippen molar-refractivity contribution in [3.8, 4) is 11.3 Å². The molecule has 6 nitrogen and oxygen atoms in total. The van der Waals surface area contributed by atoms with Gasteiger partial charge in [-0.3, -0.25) is 9.89 Å². The van der Waals surface area contributed by atoms with E-state index in [1.165, 1.54) is 25.3 Å². The van der Waals surface area contributed by atoms with Crippen molar-refractivity contribution >= 4 is 17.6 Å². The zero-order valence-corrected chi connectivity index (χ0v) is 13.2. The lowest BCUT2D eigenvalue weighted by Gasteiger charge is -2.05. The van der Waals surface area contributed by atoms with Crippen LogP contribution in [0.4, 0.5) is 10.1 Å². The number of rotatable bonds is 4. The molecule has 1 heterocycles. The van der Waals surface area contributed by atoms with Crippen molar-refractivity contribution in [1.29, 1.82) is 0 Å². The van der Waals surface area contributed by atoms with Crippen LogP contribution in [0.3, 0.4) is 0 Å². The van der Waals surface area contributed by atoms with E-state index in [4.69, 9.17) is 0 Å². The number of anilines is 1.